The predicted octanol–water partition coefficient (Wildman–Crippen LogP) is -0.624. The summed E-state index contributed by atoms with van der Waals surface area (Å²) in [6, 6.07) is 0. The lowest BCUT2D eigenvalue weighted by Gasteiger charge is -2.40. The summed E-state index contributed by atoms with van der Waals surface area (Å²) in [5, 5.41) is 7.92. The molecule has 7 heteroatoms. The van der Waals surface area contributed by atoms with E-state index in [4.69, 9.17) is 10.5 Å². The van der Waals surface area contributed by atoms with Gasteiger partial charge >= 0.3 is 0 Å². The van der Waals surface area contributed by atoms with Gasteiger partial charge in [-0.1, -0.05) is 0 Å². The number of fused-ring (bicyclic) bond motifs is 1. The van der Waals surface area contributed by atoms with Gasteiger partial charge < -0.3 is 19.9 Å². The van der Waals surface area contributed by atoms with E-state index in [2.05, 4.69) is 10.2 Å². The molecule has 0 unspecified atom stereocenters. The molecule has 1 amide bonds. The fraction of sp³-hybridized carbons (Fsp3) is 0.750. The molecule has 1 fully saturated rings. The van der Waals surface area contributed by atoms with Gasteiger partial charge in [-0.2, -0.15) is 0 Å². The van der Waals surface area contributed by atoms with Crippen LogP contribution in [-0.2, 0) is 22.6 Å². The largest absolute Gasteiger partial charge is 0.381 e. The number of nitrogens with zero attached hydrogens (tertiary/aromatic N) is 4. The highest BCUT2D eigenvalue weighted by Crippen LogP contribution is 2.32. The summed E-state index contributed by atoms with van der Waals surface area (Å²) in [7, 11) is 0. The summed E-state index contributed by atoms with van der Waals surface area (Å²) in [6.07, 6.45) is 3.14. The molecule has 2 aliphatic rings. The van der Waals surface area contributed by atoms with Crippen molar-refractivity contribution in [2.45, 2.75) is 25.9 Å². The van der Waals surface area contributed by atoms with Crippen molar-refractivity contribution in [2.24, 2.45) is 11.1 Å². The van der Waals surface area contributed by atoms with Gasteiger partial charge in [-0.05, 0) is 12.8 Å². The zero-order valence-electron chi connectivity index (χ0n) is 10.9. The Morgan fingerprint density at radius 2 is 2.21 bits per heavy atom. The Morgan fingerprint density at radius 1 is 1.42 bits per heavy atom. The Bertz CT molecular complexity index is 466. The van der Waals surface area contributed by atoms with E-state index >= 15 is 0 Å². The summed E-state index contributed by atoms with van der Waals surface area (Å²) in [5.41, 5.74) is 5.44. The van der Waals surface area contributed by atoms with Gasteiger partial charge in [0.1, 0.15) is 6.33 Å². The van der Waals surface area contributed by atoms with Crippen molar-refractivity contribution in [3.63, 3.8) is 0 Å². The molecule has 0 aromatic carbocycles. The molecule has 1 aromatic heterocycles. The normalized spacial score (nSPS) is 22.1. The van der Waals surface area contributed by atoms with Crippen LogP contribution < -0.4 is 5.73 Å². The maximum atomic E-state index is 12.8. The van der Waals surface area contributed by atoms with Crippen molar-refractivity contribution in [1.82, 2.24) is 19.7 Å². The van der Waals surface area contributed by atoms with Crippen molar-refractivity contribution in [1.29, 1.82) is 0 Å². The van der Waals surface area contributed by atoms with Crippen LogP contribution in [0.4, 0.5) is 0 Å². The number of aromatic nitrogens is 3. The molecule has 1 saturated heterocycles. The van der Waals surface area contributed by atoms with Crippen LogP contribution in [0.2, 0.25) is 0 Å². The van der Waals surface area contributed by atoms with Crippen LogP contribution >= 0.6 is 0 Å². The molecule has 0 atom stereocenters. The molecule has 1 aromatic rings. The fourth-order valence-electron chi connectivity index (χ4n) is 2.84. The van der Waals surface area contributed by atoms with E-state index in [0.717, 1.165) is 12.4 Å². The summed E-state index contributed by atoms with van der Waals surface area (Å²) >= 11 is 0. The Balaban J connectivity index is 1.77. The number of amides is 1. The Kier molecular flexibility index (Phi) is 3.24. The van der Waals surface area contributed by atoms with Crippen molar-refractivity contribution >= 4 is 5.91 Å². The number of hydrogen-bond acceptors (Lipinski definition) is 5. The topological polar surface area (TPSA) is 86.3 Å². The Labute approximate surface area is 111 Å². The third-order valence-corrected chi connectivity index (χ3v) is 4.22. The highest BCUT2D eigenvalue weighted by molar-refractivity contribution is 5.83. The number of carbonyl (C=O) groups is 1. The van der Waals surface area contributed by atoms with Crippen LogP contribution in [0.3, 0.4) is 0 Å². The standard InChI is InChI=1S/C12H19N5O2/c13-8-12(1-5-19-6-2-12)11(18)16-3-4-17-9-14-15-10(17)7-16/h9H,1-8,13H2. The molecule has 0 aliphatic carbocycles. The molecule has 7 nitrogen and oxygen atoms in total. The molecule has 3 heterocycles. The first-order valence-corrected chi connectivity index (χ1v) is 6.69. The third kappa shape index (κ3) is 2.12. The van der Waals surface area contributed by atoms with Gasteiger partial charge in [0.15, 0.2) is 5.82 Å². The van der Waals surface area contributed by atoms with E-state index in [-0.39, 0.29) is 5.91 Å². The van der Waals surface area contributed by atoms with Gasteiger partial charge in [-0.25, -0.2) is 0 Å². The van der Waals surface area contributed by atoms with Crippen LogP contribution in [0.15, 0.2) is 6.33 Å². The van der Waals surface area contributed by atoms with E-state index in [1.165, 1.54) is 0 Å². The van der Waals surface area contributed by atoms with Gasteiger partial charge in [-0.3, -0.25) is 4.79 Å². The molecule has 0 saturated carbocycles. The van der Waals surface area contributed by atoms with Crippen molar-refractivity contribution in [2.75, 3.05) is 26.3 Å². The number of rotatable bonds is 2. The van der Waals surface area contributed by atoms with Crippen LogP contribution in [0.1, 0.15) is 18.7 Å². The highest BCUT2D eigenvalue weighted by Gasteiger charge is 2.42. The van der Waals surface area contributed by atoms with Crippen LogP contribution in [0.5, 0.6) is 0 Å². The zero-order chi connectivity index (χ0) is 13.3. The average Bonchev–Trinajstić information content (AvgIpc) is 2.94. The number of carbonyl (C=O) groups excluding carboxylic acids is 1. The first-order valence-electron chi connectivity index (χ1n) is 6.69. The second kappa shape index (κ2) is 4.90. The lowest BCUT2D eigenvalue weighted by atomic mass is 9.78. The predicted molar refractivity (Wildman–Crippen MR) is 67.0 cm³/mol. The van der Waals surface area contributed by atoms with E-state index in [1.54, 1.807) is 6.33 Å². The molecule has 0 spiro atoms. The van der Waals surface area contributed by atoms with Gasteiger partial charge in [-0.15, -0.1) is 10.2 Å². The molecular weight excluding hydrogens is 246 g/mol. The maximum Gasteiger partial charge on any atom is 0.230 e. The van der Waals surface area contributed by atoms with Crippen LogP contribution in [-0.4, -0.2) is 51.9 Å². The van der Waals surface area contributed by atoms with Crippen LogP contribution in [0, 0.1) is 5.41 Å². The van der Waals surface area contributed by atoms with Gasteiger partial charge in [0, 0.05) is 32.8 Å². The van der Waals surface area contributed by atoms with E-state index in [0.29, 0.717) is 45.7 Å². The second-order valence-corrected chi connectivity index (χ2v) is 5.26. The summed E-state index contributed by atoms with van der Waals surface area (Å²) in [6.45, 7) is 3.61. The van der Waals surface area contributed by atoms with E-state index < -0.39 is 5.41 Å². The van der Waals surface area contributed by atoms with Crippen molar-refractivity contribution in [3.8, 4) is 0 Å². The lowest BCUT2D eigenvalue weighted by molar-refractivity contribution is -0.148. The summed E-state index contributed by atoms with van der Waals surface area (Å²) in [4.78, 5) is 14.6. The molecule has 0 bridgehead atoms. The molecule has 3 rings (SSSR count). The maximum absolute atomic E-state index is 12.8. The van der Waals surface area contributed by atoms with Crippen LogP contribution in [0.25, 0.3) is 0 Å². The van der Waals surface area contributed by atoms with E-state index in [1.807, 2.05) is 9.47 Å². The quantitative estimate of drug-likeness (QED) is 0.770. The molecule has 19 heavy (non-hydrogen) atoms. The fourth-order valence-corrected chi connectivity index (χ4v) is 2.84. The molecule has 2 aliphatic heterocycles. The minimum atomic E-state index is -0.444. The molecule has 0 radical (unpaired) electrons. The molecule has 104 valence electrons. The summed E-state index contributed by atoms with van der Waals surface area (Å²) < 4.78 is 7.34. The third-order valence-electron chi connectivity index (χ3n) is 4.22. The molecule has 2 N–H and O–H groups in total. The van der Waals surface area contributed by atoms with Gasteiger partial charge in [0.2, 0.25) is 5.91 Å². The smallest absolute Gasteiger partial charge is 0.230 e. The minimum absolute atomic E-state index is 0.146. The number of hydrogen-bond donors (Lipinski definition) is 1. The van der Waals surface area contributed by atoms with Crippen molar-refractivity contribution in [3.05, 3.63) is 12.2 Å². The SMILES string of the molecule is NCC1(C(=O)N2CCn3cnnc3C2)CCOCC1. The zero-order valence-corrected chi connectivity index (χ0v) is 10.9. The average molecular weight is 265 g/mol. The minimum Gasteiger partial charge on any atom is -0.381 e. The number of ether oxygens (including phenoxy) is 1. The summed E-state index contributed by atoms with van der Waals surface area (Å²) in [5.74, 6) is 0.992. The van der Waals surface area contributed by atoms with Gasteiger partial charge in [0.05, 0.1) is 12.0 Å². The first kappa shape index (κ1) is 12.6. The first-order chi connectivity index (χ1) is 9.25. The van der Waals surface area contributed by atoms with E-state index in [9.17, 15) is 4.79 Å². The lowest BCUT2D eigenvalue weighted by Crippen LogP contribution is -2.52. The number of nitrogens with two attached hydrogens (primary N) is 1. The monoisotopic (exact) mass is 265 g/mol. The Hall–Kier alpha value is -1.47. The highest BCUT2D eigenvalue weighted by atomic mass is 16.5. The van der Waals surface area contributed by atoms with Gasteiger partial charge in [0.25, 0.3) is 0 Å². The molecular formula is C12H19N5O2. The Morgan fingerprint density at radius 3 is 2.95 bits per heavy atom. The van der Waals surface area contributed by atoms with Crippen molar-refractivity contribution < 1.29 is 9.53 Å². The second-order valence-electron chi connectivity index (χ2n) is 5.26.